The first-order valence-corrected chi connectivity index (χ1v) is 28.8. The molecule has 82 heavy (non-hydrogen) atoms. The van der Waals surface area contributed by atoms with Crippen LogP contribution in [-0.2, 0) is 37.3 Å². The van der Waals surface area contributed by atoms with Crippen LogP contribution in [0.4, 0.5) is 39.9 Å². The SMILES string of the molecule is CC(C)(C)c1ccnc(N(c2[c-]c(Oc3[c-]c(N4[CH-]N(c5c(C(C)(C)C)cccc5C(C)(C)C)c5ccccc54)cc4c3C3c5ccccc5C4c4ccccc43)c3c(c2)C2c4ccccc4C3c3ccccc32)c2ccccc2)c1.[Pt]. The quantitative estimate of drug-likeness (QED) is 0.149. The zero-order chi connectivity index (χ0) is 55.3. The Labute approximate surface area is 498 Å². The van der Waals surface area contributed by atoms with Crippen LogP contribution in [0.25, 0.3) is 0 Å². The number of benzene rings is 9. The Morgan fingerprint density at radius 3 is 1.37 bits per heavy atom. The molecule has 0 radical (unpaired) electrons. The fraction of sp³-hybridized carbons (Fsp3) is 0.211. The summed E-state index contributed by atoms with van der Waals surface area (Å²) in [5, 5.41) is 0. The first kappa shape index (κ1) is 52.1. The molecule has 0 spiro atoms. The number of hydrogen-bond donors (Lipinski definition) is 0. The van der Waals surface area contributed by atoms with E-state index in [4.69, 9.17) is 9.72 Å². The van der Waals surface area contributed by atoms with Gasteiger partial charge >= 0.3 is 0 Å². The summed E-state index contributed by atoms with van der Waals surface area (Å²) >= 11 is 0. The largest absolute Gasteiger partial charge is 0.508 e. The molecule has 2 heterocycles. The number of para-hydroxylation sites is 4. The van der Waals surface area contributed by atoms with E-state index < -0.39 is 0 Å². The smallest absolute Gasteiger partial charge is 0.135 e. The van der Waals surface area contributed by atoms with Gasteiger partial charge in [0.15, 0.2) is 0 Å². The third-order valence-electron chi connectivity index (χ3n) is 17.9. The number of rotatable bonds is 7. The van der Waals surface area contributed by atoms with Gasteiger partial charge in [0.05, 0.1) is 0 Å². The number of nitrogens with zero attached hydrogens (tertiary/aromatic N) is 4. The molecule has 4 bridgehead atoms. The van der Waals surface area contributed by atoms with E-state index in [1.165, 1.54) is 78.0 Å². The van der Waals surface area contributed by atoms with Crippen molar-refractivity contribution in [2.75, 3.05) is 14.7 Å². The molecule has 1 aliphatic heterocycles. The van der Waals surface area contributed by atoms with Gasteiger partial charge in [-0.15, -0.1) is 47.7 Å². The van der Waals surface area contributed by atoms with E-state index >= 15 is 0 Å². The summed E-state index contributed by atoms with van der Waals surface area (Å²) in [5.74, 6) is 2.01. The second kappa shape index (κ2) is 19.0. The standard InChI is InChI=1S/C76H65N4O.Pt/c1-74(2,3)46-38-39-77-66(40-46)80(47-24-11-10-12-25-47)49-42-59-68-52-28-15-19-32-56(52)70(57-33-20-16-29-53(57)68)72(59)65(44-49)81-64-43-48(41-58-67-50-26-13-17-30-54(50)69(71(58)64)55-31-18-14-27-51(55)67)78-45-79(63-37-22-21-36-62(63)78)73-60(75(4,5)6)34-23-35-61(73)76(7,8)9;/h10-42,45,67-70H,1-9H3;/q-3;. The second-order valence-electron chi connectivity index (χ2n) is 25.9. The van der Waals surface area contributed by atoms with Crippen molar-refractivity contribution >= 4 is 39.9 Å². The van der Waals surface area contributed by atoms with Crippen molar-refractivity contribution in [2.24, 2.45) is 0 Å². The molecule has 10 aromatic rings. The minimum atomic E-state index is -0.127. The summed E-state index contributed by atoms with van der Waals surface area (Å²) < 4.78 is 8.10. The number of anilines is 7. The number of fused-ring (bicyclic) bond motifs is 1. The molecular weight excluding hydrogens is 1180 g/mol. The third kappa shape index (κ3) is 8.00. The molecule has 0 saturated heterocycles. The third-order valence-corrected chi connectivity index (χ3v) is 17.9. The van der Waals surface area contributed by atoms with E-state index in [1.54, 1.807) is 0 Å². The Bertz CT molecular complexity index is 4070. The fourth-order valence-corrected chi connectivity index (χ4v) is 14.3. The van der Waals surface area contributed by atoms with Crippen LogP contribution in [0.15, 0.2) is 200 Å². The Morgan fingerprint density at radius 2 is 0.878 bits per heavy atom. The van der Waals surface area contributed by atoms with Crippen LogP contribution in [0.5, 0.6) is 11.5 Å². The maximum atomic E-state index is 8.10. The molecule has 6 heteroatoms. The normalized spacial score (nSPS) is 17.6. The van der Waals surface area contributed by atoms with Gasteiger partial charge in [0, 0.05) is 73.3 Å². The zero-order valence-electron chi connectivity index (χ0n) is 48.0. The molecule has 0 atom stereocenters. The summed E-state index contributed by atoms with van der Waals surface area (Å²) in [4.78, 5) is 12.2. The van der Waals surface area contributed by atoms with Gasteiger partial charge in [-0.25, -0.2) is 4.98 Å². The van der Waals surface area contributed by atoms with Crippen LogP contribution in [0.2, 0.25) is 0 Å². The summed E-state index contributed by atoms with van der Waals surface area (Å²) in [7, 11) is 0. The summed E-state index contributed by atoms with van der Waals surface area (Å²) in [6.45, 7) is 23.1. The number of aromatic nitrogens is 1. The molecular formula is C76H65N4OPt-3. The van der Waals surface area contributed by atoms with Crippen LogP contribution in [0.1, 0.15) is 169 Å². The van der Waals surface area contributed by atoms with Crippen molar-refractivity contribution in [1.29, 1.82) is 0 Å². The van der Waals surface area contributed by atoms with E-state index in [0.29, 0.717) is 11.5 Å². The minimum absolute atomic E-state index is 0. The fourth-order valence-electron chi connectivity index (χ4n) is 14.3. The molecule has 6 aliphatic carbocycles. The minimum Gasteiger partial charge on any atom is -0.508 e. The Hall–Kier alpha value is -7.98. The van der Waals surface area contributed by atoms with Gasteiger partial charge in [-0.05, 0) is 126 Å². The van der Waals surface area contributed by atoms with Gasteiger partial charge in [0.25, 0.3) is 0 Å². The molecule has 0 unspecified atom stereocenters. The van der Waals surface area contributed by atoms with Crippen molar-refractivity contribution in [3.63, 3.8) is 0 Å². The molecule has 0 saturated carbocycles. The summed E-state index contributed by atoms with van der Waals surface area (Å²) in [5.41, 5.74) is 25.1. The number of pyridine rings is 1. The molecule has 408 valence electrons. The van der Waals surface area contributed by atoms with Gasteiger partial charge in [0.1, 0.15) is 5.82 Å². The molecule has 1 aromatic heterocycles. The average molecular weight is 1250 g/mol. The van der Waals surface area contributed by atoms with E-state index in [1.807, 2.05) is 6.20 Å². The van der Waals surface area contributed by atoms with Crippen molar-refractivity contribution in [1.82, 2.24) is 4.98 Å². The van der Waals surface area contributed by atoms with Crippen molar-refractivity contribution < 1.29 is 25.8 Å². The van der Waals surface area contributed by atoms with Crippen LogP contribution in [0, 0.1) is 18.8 Å². The Kier molecular flexibility index (Phi) is 12.1. The average Bonchev–Trinajstić information content (AvgIpc) is 1.56. The molecule has 5 nitrogen and oxygen atoms in total. The maximum Gasteiger partial charge on any atom is 0.135 e. The summed E-state index contributed by atoms with van der Waals surface area (Å²) in [6, 6.07) is 80.1. The molecule has 0 N–H and O–H groups in total. The molecule has 17 rings (SSSR count). The molecule has 7 aliphatic rings. The Morgan fingerprint density at radius 1 is 0.439 bits per heavy atom. The first-order chi connectivity index (χ1) is 39.1. The predicted molar refractivity (Wildman–Crippen MR) is 330 cm³/mol. The van der Waals surface area contributed by atoms with E-state index in [9.17, 15) is 0 Å². The topological polar surface area (TPSA) is 31.8 Å². The second-order valence-corrected chi connectivity index (χ2v) is 25.9. The van der Waals surface area contributed by atoms with Crippen LogP contribution < -0.4 is 19.4 Å². The predicted octanol–water partition coefficient (Wildman–Crippen LogP) is 19.2. The van der Waals surface area contributed by atoms with Gasteiger partial charge in [0.2, 0.25) is 0 Å². The van der Waals surface area contributed by atoms with Crippen molar-refractivity contribution in [3.8, 4) is 11.5 Å². The molecule has 9 aromatic carbocycles. The number of hydrogen-bond acceptors (Lipinski definition) is 5. The monoisotopic (exact) mass is 1240 g/mol. The van der Waals surface area contributed by atoms with Crippen molar-refractivity contribution in [2.45, 2.75) is 102 Å². The zero-order valence-corrected chi connectivity index (χ0v) is 50.2. The molecule has 0 fully saturated rings. The van der Waals surface area contributed by atoms with Gasteiger partial charge < -0.3 is 19.4 Å². The van der Waals surface area contributed by atoms with E-state index in [-0.39, 0.29) is 61.0 Å². The maximum absolute atomic E-state index is 8.10. The van der Waals surface area contributed by atoms with Gasteiger partial charge in [-0.2, -0.15) is 0 Å². The van der Waals surface area contributed by atoms with Gasteiger partial charge in [-0.3, -0.25) is 0 Å². The Balaban J connectivity index is 0.00000602. The van der Waals surface area contributed by atoms with Crippen LogP contribution >= 0.6 is 0 Å². The first-order valence-electron chi connectivity index (χ1n) is 28.8. The molecule has 0 amide bonds. The van der Waals surface area contributed by atoms with Crippen molar-refractivity contribution in [3.05, 3.63) is 303 Å². The summed E-state index contributed by atoms with van der Waals surface area (Å²) in [6.07, 6.45) is 1.95. The van der Waals surface area contributed by atoms with E-state index in [2.05, 4.69) is 290 Å². The van der Waals surface area contributed by atoms with E-state index in [0.717, 1.165) is 45.4 Å². The number of ether oxygens (including phenoxy) is 1. The van der Waals surface area contributed by atoms with Crippen LogP contribution in [0.3, 0.4) is 0 Å². The van der Waals surface area contributed by atoms with Gasteiger partial charge in [-0.1, -0.05) is 225 Å². The van der Waals surface area contributed by atoms with Crippen LogP contribution in [-0.4, -0.2) is 4.98 Å².